The second-order valence-electron chi connectivity index (χ2n) is 5.52. The van der Waals surface area contributed by atoms with Gasteiger partial charge in [0.05, 0.1) is 6.61 Å². The molecule has 1 aliphatic rings. The normalized spacial score (nSPS) is 16.2. The Balaban J connectivity index is 2.31. The van der Waals surface area contributed by atoms with Gasteiger partial charge in [0.15, 0.2) is 11.9 Å². The molecule has 0 bridgehead atoms. The highest BCUT2D eigenvalue weighted by molar-refractivity contribution is 5.85. The van der Waals surface area contributed by atoms with Gasteiger partial charge in [-0.25, -0.2) is 0 Å². The largest absolute Gasteiger partial charge is 0.455 e. The minimum absolute atomic E-state index is 0.0531. The Morgan fingerprint density at radius 3 is 2.60 bits per heavy atom. The monoisotopic (exact) mass is 285 g/mol. The number of nitrogens with zero attached hydrogens (tertiary/aromatic N) is 1. The fourth-order valence-electron chi connectivity index (χ4n) is 2.30. The summed E-state index contributed by atoms with van der Waals surface area (Å²) >= 11 is 0. The highest BCUT2D eigenvalue weighted by Gasteiger charge is 2.24. The molecule has 1 aliphatic carbocycles. The molecular weight excluding hydrogens is 258 g/mol. The van der Waals surface area contributed by atoms with E-state index in [1.807, 2.05) is 0 Å². The van der Waals surface area contributed by atoms with Gasteiger partial charge in [0.1, 0.15) is 0 Å². The number of ether oxygens (including phenoxy) is 1. The molecule has 0 heterocycles. The first-order chi connectivity index (χ1) is 9.56. The van der Waals surface area contributed by atoms with Gasteiger partial charge in [0.2, 0.25) is 0 Å². The highest BCUT2D eigenvalue weighted by atomic mass is 16.5. The van der Waals surface area contributed by atoms with Crippen LogP contribution in [0.15, 0.2) is 0 Å². The molecule has 1 atom stereocenters. The SMILES string of the molecule is CCN(CCCC(OC(C)=O)C(=O)CCO)CC1CC1. The number of hydrogen-bond acceptors (Lipinski definition) is 5. The number of ketones is 1. The standard InChI is InChI=1S/C15H27NO4/c1-3-16(11-13-6-7-13)9-4-5-15(20-12(2)18)14(19)8-10-17/h13,15,17H,3-11H2,1-2H3. The molecule has 20 heavy (non-hydrogen) atoms. The van der Waals surface area contributed by atoms with Crippen molar-refractivity contribution in [1.29, 1.82) is 0 Å². The van der Waals surface area contributed by atoms with Crippen LogP contribution in [-0.4, -0.2) is 54.1 Å². The number of aliphatic hydroxyl groups is 1. The lowest BCUT2D eigenvalue weighted by molar-refractivity contribution is -0.153. The van der Waals surface area contributed by atoms with Gasteiger partial charge in [0, 0.05) is 19.9 Å². The van der Waals surface area contributed by atoms with E-state index in [0.717, 1.165) is 32.0 Å². The zero-order chi connectivity index (χ0) is 15.0. The summed E-state index contributed by atoms with van der Waals surface area (Å²) < 4.78 is 5.06. The van der Waals surface area contributed by atoms with E-state index in [2.05, 4.69) is 11.8 Å². The Morgan fingerprint density at radius 2 is 2.10 bits per heavy atom. The minimum Gasteiger partial charge on any atom is -0.455 e. The van der Waals surface area contributed by atoms with Gasteiger partial charge in [-0.15, -0.1) is 0 Å². The van der Waals surface area contributed by atoms with Crippen molar-refractivity contribution in [2.75, 3.05) is 26.2 Å². The summed E-state index contributed by atoms with van der Waals surface area (Å²) in [5.41, 5.74) is 0. The smallest absolute Gasteiger partial charge is 0.303 e. The molecule has 1 saturated carbocycles. The van der Waals surface area contributed by atoms with Crippen LogP contribution in [0.4, 0.5) is 0 Å². The lowest BCUT2D eigenvalue weighted by Crippen LogP contribution is -2.31. The Hall–Kier alpha value is -0.940. The van der Waals surface area contributed by atoms with E-state index in [1.165, 1.54) is 19.8 Å². The molecule has 1 N–H and O–H groups in total. The van der Waals surface area contributed by atoms with E-state index < -0.39 is 12.1 Å². The van der Waals surface area contributed by atoms with Crippen LogP contribution >= 0.6 is 0 Å². The lowest BCUT2D eigenvalue weighted by Gasteiger charge is -2.21. The van der Waals surface area contributed by atoms with Crippen molar-refractivity contribution in [3.8, 4) is 0 Å². The number of aliphatic hydroxyl groups excluding tert-OH is 1. The Bertz CT molecular complexity index is 315. The maximum atomic E-state index is 11.8. The van der Waals surface area contributed by atoms with Gasteiger partial charge in [0.25, 0.3) is 0 Å². The van der Waals surface area contributed by atoms with Crippen molar-refractivity contribution in [2.24, 2.45) is 5.92 Å². The van der Waals surface area contributed by atoms with Crippen molar-refractivity contribution in [3.63, 3.8) is 0 Å². The number of carbonyl (C=O) groups is 2. The molecule has 0 aromatic rings. The fraction of sp³-hybridized carbons (Fsp3) is 0.867. The van der Waals surface area contributed by atoms with Crippen LogP contribution in [0, 0.1) is 5.92 Å². The summed E-state index contributed by atoms with van der Waals surface area (Å²) in [7, 11) is 0. The van der Waals surface area contributed by atoms with Gasteiger partial charge < -0.3 is 14.7 Å². The summed E-state index contributed by atoms with van der Waals surface area (Å²) in [6.07, 6.45) is 3.40. The number of carbonyl (C=O) groups excluding carboxylic acids is 2. The molecule has 1 unspecified atom stereocenters. The third kappa shape index (κ3) is 7.01. The molecule has 0 aromatic carbocycles. The molecule has 0 spiro atoms. The van der Waals surface area contributed by atoms with Crippen LogP contribution in [0.3, 0.4) is 0 Å². The first kappa shape index (κ1) is 17.1. The second kappa shape index (κ2) is 9.08. The quantitative estimate of drug-likeness (QED) is 0.581. The zero-order valence-corrected chi connectivity index (χ0v) is 12.6. The third-order valence-electron chi connectivity index (χ3n) is 3.63. The van der Waals surface area contributed by atoms with E-state index in [9.17, 15) is 9.59 Å². The predicted octanol–water partition coefficient (Wildman–Crippen LogP) is 1.38. The van der Waals surface area contributed by atoms with Gasteiger partial charge in [-0.3, -0.25) is 9.59 Å². The highest BCUT2D eigenvalue weighted by Crippen LogP contribution is 2.29. The van der Waals surface area contributed by atoms with E-state index in [4.69, 9.17) is 9.84 Å². The van der Waals surface area contributed by atoms with Crippen LogP contribution in [0.2, 0.25) is 0 Å². The van der Waals surface area contributed by atoms with Crippen LogP contribution in [0.1, 0.15) is 46.0 Å². The van der Waals surface area contributed by atoms with E-state index in [-0.39, 0.29) is 18.8 Å². The van der Waals surface area contributed by atoms with Gasteiger partial charge in [-0.1, -0.05) is 6.92 Å². The molecule has 0 saturated heterocycles. The number of Topliss-reactive ketones (excluding diaryl/α,β-unsaturated/α-hetero) is 1. The van der Waals surface area contributed by atoms with Gasteiger partial charge >= 0.3 is 5.97 Å². The molecule has 0 aromatic heterocycles. The molecule has 0 amide bonds. The van der Waals surface area contributed by atoms with E-state index in [0.29, 0.717) is 6.42 Å². The number of esters is 1. The first-order valence-corrected chi connectivity index (χ1v) is 7.60. The summed E-state index contributed by atoms with van der Waals surface area (Å²) in [4.78, 5) is 25.2. The van der Waals surface area contributed by atoms with E-state index >= 15 is 0 Å². The van der Waals surface area contributed by atoms with Crippen molar-refractivity contribution < 1.29 is 19.4 Å². The maximum Gasteiger partial charge on any atom is 0.303 e. The predicted molar refractivity (Wildman–Crippen MR) is 76.3 cm³/mol. The molecule has 5 heteroatoms. The molecule has 0 aliphatic heterocycles. The maximum absolute atomic E-state index is 11.8. The average molecular weight is 285 g/mol. The Labute approximate surface area is 121 Å². The van der Waals surface area contributed by atoms with Crippen LogP contribution < -0.4 is 0 Å². The van der Waals surface area contributed by atoms with Crippen LogP contribution in [-0.2, 0) is 14.3 Å². The molecular formula is C15H27NO4. The van der Waals surface area contributed by atoms with Crippen LogP contribution in [0.5, 0.6) is 0 Å². The average Bonchev–Trinajstić information content (AvgIpc) is 3.20. The van der Waals surface area contributed by atoms with Crippen LogP contribution in [0.25, 0.3) is 0 Å². The van der Waals surface area contributed by atoms with Crippen molar-refractivity contribution >= 4 is 11.8 Å². The summed E-state index contributed by atoms with van der Waals surface area (Å²) in [6, 6.07) is 0. The summed E-state index contributed by atoms with van der Waals surface area (Å²) in [5.74, 6) is 0.231. The van der Waals surface area contributed by atoms with E-state index in [1.54, 1.807) is 0 Å². The summed E-state index contributed by atoms with van der Waals surface area (Å²) in [6.45, 7) is 6.34. The molecule has 1 rings (SSSR count). The third-order valence-corrected chi connectivity index (χ3v) is 3.63. The topological polar surface area (TPSA) is 66.8 Å². The van der Waals surface area contributed by atoms with Gasteiger partial charge in [-0.05, 0) is 44.7 Å². The molecule has 0 radical (unpaired) electrons. The van der Waals surface area contributed by atoms with Crippen molar-refractivity contribution in [3.05, 3.63) is 0 Å². The Kier molecular flexibility index (Phi) is 7.77. The van der Waals surface area contributed by atoms with Gasteiger partial charge in [-0.2, -0.15) is 0 Å². The van der Waals surface area contributed by atoms with Crippen molar-refractivity contribution in [2.45, 2.75) is 52.1 Å². The first-order valence-electron chi connectivity index (χ1n) is 7.60. The van der Waals surface area contributed by atoms with Crippen molar-refractivity contribution in [1.82, 2.24) is 4.90 Å². The fourth-order valence-corrected chi connectivity index (χ4v) is 2.30. The molecule has 116 valence electrons. The molecule has 5 nitrogen and oxygen atoms in total. The minimum atomic E-state index is -0.695. The second-order valence-corrected chi connectivity index (χ2v) is 5.52. The number of hydrogen-bond donors (Lipinski definition) is 1. The molecule has 1 fully saturated rings. The zero-order valence-electron chi connectivity index (χ0n) is 12.6. The lowest BCUT2D eigenvalue weighted by atomic mass is 10.1. The number of rotatable bonds is 11. The Morgan fingerprint density at radius 1 is 1.40 bits per heavy atom. The summed E-state index contributed by atoms with van der Waals surface area (Å²) in [5, 5.41) is 8.81.